The maximum atomic E-state index is 12.2. The van der Waals surface area contributed by atoms with E-state index in [1.54, 1.807) is 34.1 Å². The number of nitro groups is 2. The molecule has 10 heteroatoms. The molecule has 1 aromatic rings. The van der Waals surface area contributed by atoms with Crippen LogP contribution in [0.25, 0.3) is 0 Å². The van der Waals surface area contributed by atoms with Crippen LogP contribution in [0.15, 0.2) is 18.2 Å². The van der Waals surface area contributed by atoms with Gasteiger partial charge in [0.1, 0.15) is 5.41 Å². The van der Waals surface area contributed by atoms with Crippen LogP contribution in [0.2, 0.25) is 0 Å². The molecule has 0 saturated carbocycles. The first-order chi connectivity index (χ1) is 13.1. The van der Waals surface area contributed by atoms with Gasteiger partial charge >= 0.3 is 0 Å². The fourth-order valence-corrected chi connectivity index (χ4v) is 5.48. The maximum Gasteiger partial charge on any atom is 0.259 e. The Kier molecular flexibility index (Phi) is 3.89. The number of methoxy groups -OCH3 is 2. The van der Waals surface area contributed by atoms with Crippen LogP contribution in [-0.4, -0.2) is 71.1 Å². The van der Waals surface area contributed by atoms with Gasteiger partial charge in [-0.3, -0.25) is 30.0 Å². The highest BCUT2D eigenvalue weighted by Gasteiger charge is 2.81. The first-order valence-electron chi connectivity index (χ1n) is 9.12. The van der Waals surface area contributed by atoms with Gasteiger partial charge in [0.2, 0.25) is 0 Å². The lowest BCUT2D eigenvalue weighted by Crippen LogP contribution is -2.88. The quantitative estimate of drug-likeness (QED) is 0.546. The van der Waals surface area contributed by atoms with E-state index in [1.807, 2.05) is 21.9 Å². The third-order valence-corrected chi connectivity index (χ3v) is 7.28. The number of piperidine rings is 2. The van der Waals surface area contributed by atoms with Crippen LogP contribution in [-0.2, 0) is 0 Å². The Hall–Kier alpha value is -2.46. The third-order valence-electron chi connectivity index (χ3n) is 7.28. The van der Waals surface area contributed by atoms with Gasteiger partial charge in [-0.25, -0.2) is 0 Å². The minimum atomic E-state index is -1.39. The van der Waals surface area contributed by atoms with Gasteiger partial charge in [0, 0.05) is 9.85 Å². The molecule has 0 amide bonds. The largest absolute Gasteiger partial charge is 0.493 e. The first kappa shape index (κ1) is 18.9. The van der Waals surface area contributed by atoms with Gasteiger partial charge in [0.05, 0.1) is 46.6 Å². The van der Waals surface area contributed by atoms with Crippen molar-refractivity contribution in [3.63, 3.8) is 0 Å². The van der Waals surface area contributed by atoms with Crippen molar-refractivity contribution >= 4 is 0 Å². The molecule has 152 valence electrons. The monoisotopic (exact) mass is 392 g/mol. The standard InChI is InChI=1S/C18H24N4O6/c1-16(2)17(21(23)24)8-19-10-18(16,22(25)26)11-20(9-17)15(19)12-5-6-13(27-3)14(7-12)28-4/h5-7,15H,8-11H2,1-4H3. The summed E-state index contributed by atoms with van der Waals surface area (Å²) in [5, 5.41) is 24.3. The fourth-order valence-electron chi connectivity index (χ4n) is 5.48. The van der Waals surface area contributed by atoms with Crippen LogP contribution in [0.5, 0.6) is 11.5 Å². The zero-order chi connectivity index (χ0) is 20.5. The van der Waals surface area contributed by atoms with Crippen molar-refractivity contribution in [1.29, 1.82) is 0 Å². The Labute approximate surface area is 162 Å². The Bertz CT molecular complexity index is 804. The van der Waals surface area contributed by atoms with E-state index < -0.39 is 16.5 Å². The summed E-state index contributed by atoms with van der Waals surface area (Å²) in [6.45, 7) is 4.08. The van der Waals surface area contributed by atoms with E-state index in [1.165, 1.54) is 0 Å². The summed E-state index contributed by atoms with van der Waals surface area (Å²) in [5.41, 5.74) is -2.96. The molecule has 0 unspecified atom stereocenters. The van der Waals surface area contributed by atoms with E-state index in [2.05, 4.69) is 0 Å². The molecule has 0 aliphatic carbocycles. The molecule has 10 nitrogen and oxygen atoms in total. The number of rotatable bonds is 5. The number of ether oxygens (including phenoxy) is 2. The summed E-state index contributed by atoms with van der Waals surface area (Å²) in [6.07, 6.45) is -0.267. The average Bonchev–Trinajstić information content (AvgIpc) is 2.64. The molecule has 4 saturated heterocycles. The smallest absolute Gasteiger partial charge is 0.259 e. The molecule has 1 aromatic carbocycles. The van der Waals surface area contributed by atoms with Gasteiger partial charge < -0.3 is 9.47 Å². The molecule has 4 heterocycles. The Morgan fingerprint density at radius 1 is 0.929 bits per heavy atom. The third kappa shape index (κ3) is 2.04. The Balaban J connectivity index is 1.81. The molecule has 4 bridgehead atoms. The highest BCUT2D eigenvalue weighted by atomic mass is 16.6. The normalized spacial score (nSPS) is 37.5. The molecule has 0 aromatic heterocycles. The van der Waals surface area contributed by atoms with E-state index in [-0.39, 0.29) is 42.2 Å². The van der Waals surface area contributed by atoms with Crippen molar-refractivity contribution in [1.82, 2.24) is 9.80 Å². The number of nitrogens with zero attached hydrogens (tertiary/aromatic N) is 4. The topological polar surface area (TPSA) is 111 Å². The molecule has 5 rings (SSSR count). The van der Waals surface area contributed by atoms with Crippen molar-refractivity contribution in [3.05, 3.63) is 44.0 Å². The zero-order valence-corrected chi connectivity index (χ0v) is 16.4. The Morgan fingerprint density at radius 3 is 1.79 bits per heavy atom. The molecule has 0 radical (unpaired) electrons. The predicted molar refractivity (Wildman–Crippen MR) is 98.7 cm³/mol. The van der Waals surface area contributed by atoms with Gasteiger partial charge in [0.25, 0.3) is 11.1 Å². The van der Waals surface area contributed by atoms with Crippen molar-refractivity contribution in [2.75, 3.05) is 40.4 Å². The molecule has 0 spiro atoms. The Morgan fingerprint density at radius 2 is 1.39 bits per heavy atom. The van der Waals surface area contributed by atoms with Crippen LogP contribution in [0, 0.1) is 25.6 Å². The lowest BCUT2D eigenvalue weighted by molar-refractivity contribution is -0.679. The fraction of sp³-hybridized carbons (Fsp3) is 0.667. The molecule has 4 aliphatic heterocycles. The number of benzene rings is 1. The highest BCUT2D eigenvalue weighted by Crippen LogP contribution is 2.58. The zero-order valence-electron chi connectivity index (χ0n) is 16.4. The van der Waals surface area contributed by atoms with Gasteiger partial charge in [-0.1, -0.05) is 6.07 Å². The molecule has 28 heavy (non-hydrogen) atoms. The van der Waals surface area contributed by atoms with Crippen molar-refractivity contribution in [2.24, 2.45) is 5.41 Å². The van der Waals surface area contributed by atoms with Gasteiger partial charge in [-0.2, -0.15) is 0 Å². The summed E-state index contributed by atoms with van der Waals surface area (Å²) in [4.78, 5) is 27.5. The second-order valence-electron chi connectivity index (χ2n) is 8.50. The second kappa shape index (κ2) is 5.77. The summed E-state index contributed by atoms with van der Waals surface area (Å²) in [7, 11) is 3.10. The first-order valence-corrected chi connectivity index (χ1v) is 9.12. The van der Waals surface area contributed by atoms with Crippen LogP contribution in [0.1, 0.15) is 25.6 Å². The maximum absolute atomic E-state index is 12.2. The molecule has 0 atom stereocenters. The van der Waals surface area contributed by atoms with Crippen molar-refractivity contribution < 1.29 is 19.3 Å². The van der Waals surface area contributed by atoms with E-state index in [9.17, 15) is 20.2 Å². The predicted octanol–water partition coefficient (Wildman–Crippen LogP) is 1.40. The summed E-state index contributed by atoms with van der Waals surface area (Å²) in [6, 6.07) is 5.52. The summed E-state index contributed by atoms with van der Waals surface area (Å²) < 4.78 is 10.7. The molecule has 4 fully saturated rings. The van der Waals surface area contributed by atoms with Crippen LogP contribution >= 0.6 is 0 Å². The van der Waals surface area contributed by atoms with Gasteiger partial charge in [-0.05, 0) is 31.5 Å². The number of hydrogen-bond acceptors (Lipinski definition) is 8. The van der Waals surface area contributed by atoms with Crippen LogP contribution in [0.4, 0.5) is 0 Å². The van der Waals surface area contributed by atoms with E-state index in [4.69, 9.17) is 9.47 Å². The van der Waals surface area contributed by atoms with Crippen molar-refractivity contribution in [3.8, 4) is 11.5 Å². The summed E-state index contributed by atoms with van der Waals surface area (Å²) >= 11 is 0. The minimum Gasteiger partial charge on any atom is -0.493 e. The summed E-state index contributed by atoms with van der Waals surface area (Å²) in [5.74, 6) is 1.15. The molecule has 4 aliphatic rings. The van der Waals surface area contributed by atoms with E-state index >= 15 is 0 Å². The second-order valence-corrected chi connectivity index (χ2v) is 8.50. The molecular formula is C18H24N4O6. The van der Waals surface area contributed by atoms with Gasteiger partial charge in [0.15, 0.2) is 11.5 Å². The van der Waals surface area contributed by atoms with E-state index in [0.717, 1.165) is 5.56 Å². The average molecular weight is 392 g/mol. The SMILES string of the molecule is COc1ccc(C2N3CC4([N+](=O)[O-])CN2CC([N+](=O)[O-])(C3)C4(C)C)cc1OC. The van der Waals surface area contributed by atoms with Gasteiger partial charge in [-0.15, -0.1) is 0 Å². The minimum absolute atomic E-state index is 0.179. The van der Waals surface area contributed by atoms with Crippen molar-refractivity contribution in [2.45, 2.75) is 31.1 Å². The van der Waals surface area contributed by atoms with E-state index in [0.29, 0.717) is 11.5 Å². The molecule has 0 N–H and O–H groups in total. The lowest BCUT2D eigenvalue weighted by Gasteiger charge is -2.66. The lowest BCUT2D eigenvalue weighted by atomic mass is 9.53. The van der Waals surface area contributed by atoms with Crippen LogP contribution < -0.4 is 9.47 Å². The molecular weight excluding hydrogens is 368 g/mol. The number of hydrogen-bond donors (Lipinski definition) is 0. The van der Waals surface area contributed by atoms with Crippen LogP contribution in [0.3, 0.4) is 0 Å². The highest BCUT2D eigenvalue weighted by molar-refractivity contribution is 5.44.